The molecule has 5 nitrogen and oxygen atoms in total. The second-order valence-corrected chi connectivity index (χ2v) is 5.53. The summed E-state index contributed by atoms with van der Waals surface area (Å²) in [6, 6.07) is 0. The number of thiazole rings is 1. The van der Waals surface area contributed by atoms with E-state index in [2.05, 4.69) is 27.2 Å². The van der Waals surface area contributed by atoms with E-state index in [0.29, 0.717) is 6.61 Å². The fourth-order valence-electron chi connectivity index (χ4n) is 1.79. The maximum atomic E-state index is 5.23. The Hall–Kier alpha value is -1.37. The number of hydrogen-bond acceptors (Lipinski definition) is 6. The van der Waals surface area contributed by atoms with E-state index in [0.717, 1.165) is 29.5 Å². The zero-order valence-electron chi connectivity index (χ0n) is 11.9. The van der Waals surface area contributed by atoms with Crippen LogP contribution in [-0.2, 0) is 17.9 Å². The first kappa shape index (κ1) is 15.0. The molecule has 0 aliphatic rings. The smallest absolute Gasteiger partial charge is 0.144 e. The van der Waals surface area contributed by atoms with E-state index in [9.17, 15) is 0 Å². The van der Waals surface area contributed by atoms with Crippen LogP contribution >= 0.6 is 11.3 Å². The molecule has 6 heteroatoms. The summed E-state index contributed by atoms with van der Waals surface area (Å²) in [6.07, 6.45) is 7.48. The number of rotatable bonds is 8. The lowest BCUT2D eigenvalue weighted by molar-refractivity contribution is 0.181. The van der Waals surface area contributed by atoms with Gasteiger partial charge in [0, 0.05) is 30.9 Å². The molecule has 0 saturated heterocycles. The fourth-order valence-corrected chi connectivity index (χ4v) is 2.79. The number of nitrogens with one attached hydrogen (secondary N) is 1. The van der Waals surface area contributed by atoms with Crippen molar-refractivity contribution in [3.63, 3.8) is 0 Å². The van der Waals surface area contributed by atoms with Crippen molar-refractivity contribution in [3.05, 3.63) is 29.2 Å². The van der Waals surface area contributed by atoms with Crippen LogP contribution in [0, 0.1) is 0 Å². The molecule has 2 aromatic heterocycles. The minimum Gasteiger partial charge on any atom is -0.378 e. The van der Waals surface area contributed by atoms with Gasteiger partial charge in [-0.1, -0.05) is 13.3 Å². The lowest BCUT2D eigenvalue weighted by Crippen LogP contribution is -2.14. The first-order valence-electron chi connectivity index (χ1n) is 6.79. The van der Waals surface area contributed by atoms with Crippen LogP contribution in [0.2, 0.25) is 0 Å². The summed E-state index contributed by atoms with van der Waals surface area (Å²) in [4.78, 5) is 14.2. The van der Waals surface area contributed by atoms with Crippen LogP contribution in [0.4, 0.5) is 0 Å². The van der Waals surface area contributed by atoms with Gasteiger partial charge in [0.2, 0.25) is 0 Å². The predicted molar refractivity (Wildman–Crippen MR) is 80.5 cm³/mol. The fraction of sp³-hybridized carbons (Fsp3) is 0.500. The topological polar surface area (TPSA) is 59.9 Å². The second-order valence-electron chi connectivity index (χ2n) is 4.44. The number of methoxy groups -OCH3 is 1. The number of nitrogens with zero attached hydrogens (tertiary/aromatic N) is 3. The molecule has 0 amide bonds. The summed E-state index contributed by atoms with van der Waals surface area (Å²) in [5.41, 5.74) is 1.80. The summed E-state index contributed by atoms with van der Waals surface area (Å²) in [6.45, 7) is 4.58. The van der Waals surface area contributed by atoms with Crippen LogP contribution in [0.25, 0.3) is 10.7 Å². The minimum atomic E-state index is 0.529. The minimum absolute atomic E-state index is 0.529. The molecule has 0 saturated carbocycles. The van der Waals surface area contributed by atoms with Crippen molar-refractivity contribution in [2.75, 3.05) is 13.7 Å². The normalized spacial score (nSPS) is 10.9. The maximum Gasteiger partial charge on any atom is 0.144 e. The summed E-state index contributed by atoms with van der Waals surface area (Å²) in [5.74, 6) is 0. The third-order valence-corrected chi connectivity index (χ3v) is 3.95. The van der Waals surface area contributed by atoms with Gasteiger partial charge in [-0.15, -0.1) is 11.3 Å². The van der Waals surface area contributed by atoms with Crippen LogP contribution in [0.15, 0.2) is 18.6 Å². The van der Waals surface area contributed by atoms with Gasteiger partial charge in [0.25, 0.3) is 0 Å². The van der Waals surface area contributed by atoms with E-state index in [1.165, 1.54) is 17.7 Å². The molecule has 0 unspecified atom stereocenters. The van der Waals surface area contributed by atoms with Crippen molar-refractivity contribution in [1.82, 2.24) is 20.3 Å². The highest BCUT2D eigenvalue weighted by atomic mass is 32.1. The Morgan fingerprint density at radius 2 is 2.25 bits per heavy atom. The van der Waals surface area contributed by atoms with Crippen molar-refractivity contribution in [2.45, 2.75) is 32.9 Å². The van der Waals surface area contributed by atoms with E-state index in [4.69, 9.17) is 4.74 Å². The molecule has 0 aromatic carbocycles. The molecule has 2 rings (SSSR count). The number of unbranched alkanes of at least 4 members (excludes halogenated alkanes) is 1. The summed E-state index contributed by atoms with van der Waals surface area (Å²) < 4.78 is 5.23. The highest BCUT2D eigenvalue weighted by Gasteiger charge is 2.13. The predicted octanol–water partition coefficient (Wildman–Crippen LogP) is 2.64. The largest absolute Gasteiger partial charge is 0.378 e. The van der Waals surface area contributed by atoms with Gasteiger partial charge >= 0.3 is 0 Å². The monoisotopic (exact) mass is 292 g/mol. The van der Waals surface area contributed by atoms with Crippen LogP contribution in [0.1, 0.15) is 30.3 Å². The number of hydrogen-bond donors (Lipinski definition) is 1. The summed E-state index contributed by atoms with van der Waals surface area (Å²) in [5, 5.41) is 4.35. The van der Waals surface area contributed by atoms with Gasteiger partial charge in [0.05, 0.1) is 18.5 Å². The van der Waals surface area contributed by atoms with Crippen molar-refractivity contribution >= 4 is 11.3 Å². The van der Waals surface area contributed by atoms with Crippen molar-refractivity contribution < 1.29 is 4.74 Å². The van der Waals surface area contributed by atoms with Crippen LogP contribution < -0.4 is 5.32 Å². The third-order valence-electron chi connectivity index (χ3n) is 2.83. The molecule has 108 valence electrons. The Labute approximate surface area is 123 Å². The maximum absolute atomic E-state index is 5.23. The van der Waals surface area contributed by atoms with Gasteiger partial charge < -0.3 is 10.1 Å². The Bertz CT molecular complexity index is 515. The summed E-state index contributed by atoms with van der Waals surface area (Å²) >= 11 is 1.65. The van der Waals surface area contributed by atoms with E-state index in [1.54, 1.807) is 37.0 Å². The zero-order chi connectivity index (χ0) is 14.2. The summed E-state index contributed by atoms with van der Waals surface area (Å²) in [7, 11) is 1.69. The Morgan fingerprint density at radius 1 is 1.35 bits per heavy atom. The lowest BCUT2D eigenvalue weighted by atomic mass is 10.3. The highest BCUT2D eigenvalue weighted by molar-refractivity contribution is 7.15. The van der Waals surface area contributed by atoms with Gasteiger partial charge in [-0.25, -0.2) is 4.98 Å². The lowest BCUT2D eigenvalue weighted by Gasteiger charge is -2.03. The third kappa shape index (κ3) is 4.06. The van der Waals surface area contributed by atoms with Crippen molar-refractivity contribution in [3.8, 4) is 10.7 Å². The SMILES string of the molecule is CCCCNCc1sc(-c2cnccn2)nc1COC. The van der Waals surface area contributed by atoms with Gasteiger partial charge in [-0.3, -0.25) is 9.97 Å². The Morgan fingerprint density at radius 3 is 2.95 bits per heavy atom. The molecule has 0 aliphatic carbocycles. The van der Waals surface area contributed by atoms with Gasteiger partial charge in [0.15, 0.2) is 0 Å². The second kappa shape index (κ2) is 8.04. The number of aromatic nitrogens is 3. The van der Waals surface area contributed by atoms with E-state index < -0.39 is 0 Å². The first-order valence-corrected chi connectivity index (χ1v) is 7.61. The molecule has 20 heavy (non-hydrogen) atoms. The van der Waals surface area contributed by atoms with Crippen LogP contribution in [0.3, 0.4) is 0 Å². The van der Waals surface area contributed by atoms with Crippen molar-refractivity contribution in [2.24, 2.45) is 0 Å². The van der Waals surface area contributed by atoms with E-state index in [-0.39, 0.29) is 0 Å². The zero-order valence-corrected chi connectivity index (χ0v) is 12.7. The molecule has 2 heterocycles. The highest BCUT2D eigenvalue weighted by Crippen LogP contribution is 2.26. The molecule has 0 aliphatic heterocycles. The molecule has 0 bridgehead atoms. The molecule has 1 N–H and O–H groups in total. The van der Waals surface area contributed by atoms with Crippen molar-refractivity contribution in [1.29, 1.82) is 0 Å². The van der Waals surface area contributed by atoms with E-state index in [1.807, 2.05) is 0 Å². The molecular weight excluding hydrogens is 272 g/mol. The van der Waals surface area contributed by atoms with Crippen LogP contribution in [-0.4, -0.2) is 28.6 Å². The quantitative estimate of drug-likeness (QED) is 0.758. The average molecular weight is 292 g/mol. The molecular formula is C14H20N4OS. The van der Waals surface area contributed by atoms with E-state index >= 15 is 0 Å². The molecule has 0 spiro atoms. The standard InChI is InChI=1S/C14H20N4OS/c1-3-4-5-15-9-13-12(10-19-2)18-14(20-13)11-8-16-6-7-17-11/h6-8,15H,3-5,9-10H2,1-2H3. The molecule has 0 atom stereocenters. The van der Waals surface area contributed by atoms with Gasteiger partial charge in [-0.05, 0) is 13.0 Å². The molecule has 0 fully saturated rings. The molecule has 0 radical (unpaired) electrons. The number of ether oxygens (including phenoxy) is 1. The Balaban J connectivity index is 2.11. The van der Waals surface area contributed by atoms with Gasteiger partial charge in [-0.2, -0.15) is 0 Å². The van der Waals surface area contributed by atoms with Gasteiger partial charge in [0.1, 0.15) is 10.7 Å². The average Bonchev–Trinajstić information content (AvgIpc) is 2.88. The van der Waals surface area contributed by atoms with Crippen LogP contribution in [0.5, 0.6) is 0 Å². The Kier molecular flexibility index (Phi) is 6.04. The molecule has 2 aromatic rings. The first-order chi connectivity index (χ1) is 9.85.